The Morgan fingerprint density at radius 3 is 2.53 bits per heavy atom. The van der Waals surface area contributed by atoms with Crippen molar-refractivity contribution >= 4 is 17.3 Å². The highest BCUT2D eigenvalue weighted by Gasteiger charge is 2.41. The van der Waals surface area contributed by atoms with E-state index in [-0.39, 0.29) is 17.9 Å². The zero-order valence-electron chi connectivity index (χ0n) is 20.9. The lowest BCUT2D eigenvalue weighted by molar-refractivity contribution is -0.121. The summed E-state index contributed by atoms with van der Waals surface area (Å²) in [5, 5.41) is 3.14. The zero-order valence-corrected chi connectivity index (χ0v) is 20.9. The first-order chi connectivity index (χ1) is 17.7. The molecule has 2 aliphatic rings. The Morgan fingerprint density at radius 1 is 0.944 bits per heavy atom. The van der Waals surface area contributed by atoms with Crippen LogP contribution >= 0.6 is 0 Å². The number of fused-ring (bicyclic) bond motifs is 3. The predicted octanol–water partition coefficient (Wildman–Crippen LogP) is 4.08. The van der Waals surface area contributed by atoms with Crippen molar-refractivity contribution in [1.29, 1.82) is 0 Å². The Labute approximate surface area is 212 Å². The van der Waals surface area contributed by atoms with Gasteiger partial charge in [-0.3, -0.25) is 9.69 Å². The molecule has 1 N–H and O–H groups in total. The Kier molecular flexibility index (Phi) is 7.28. The van der Waals surface area contributed by atoms with E-state index in [2.05, 4.69) is 39.4 Å². The van der Waals surface area contributed by atoms with Gasteiger partial charge in [0.1, 0.15) is 12.4 Å². The minimum Gasteiger partial charge on any atom is -0.493 e. The quantitative estimate of drug-likeness (QED) is 0.517. The summed E-state index contributed by atoms with van der Waals surface area (Å²) in [6.45, 7) is 4.08. The SMILES string of the molecule is COc1ccc(NC(=O)[C@H]2Cc3ccccc3N3CCN(CCOc4ccccc4)C[C@H]23)cc1OC. The third-order valence-electron chi connectivity index (χ3n) is 7.12. The number of para-hydroxylation sites is 2. The number of nitrogens with one attached hydrogen (secondary N) is 1. The molecular weight excluding hydrogens is 454 g/mol. The second-order valence-corrected chi connectivity index (χ2v) is 9.22. The standard InChI is InChI=1S/C29H33N3O4/c1-34-27-13-12-22(19-28(27)35-2)30-29(33)24-18-21-8-6-7-11-25(21)32-15-14-31(20-26(24)32)16-17-36-23-9-4-3-5-10-23/h3-13,19,24,26H,14-18,20H2,1-2H3,(H,30,33)/t24-,26+/m0/s1. The van der Waals surface area contributed by atoms with Crippen LogP contribution in [0.15, 0.2) is 72.8 Å². The highest BCUT2D eigenvalue weighted by Crippen LogP contribution is 2.37. The number of carbonyl (C=O) groups is 1. The maximum atomic E-state index is 13.6. The summed E-state index contributed by atoms with van der Waals surface area (Å²) in [6.07, 6.45) is 0.713. The van der Waals surface area contributed by atoms with E-state index in [0.29, 0.717) is 30.2 Å². The van der Waals surface area contributed by atoms with Crippen molar-refractivity contribution in [3.63, 3.8) is 0 Å². The van der Waals surface area contributed by atoms with E-state index in [1.165, 1.54) is 11.3 Å². The average molecular weight is 488 g/mol. The lowest BCUT2D eigenvalue weighted by Crippen LogP contribution is -2.60. The van der Waals surface area contributed by atoms with Crippen molar-refractivity contribution in [3.8, 4) is 17.2 Å². The number of carbonyl (C=O) groups excluding carboxylic acids is 1. The normalized spacial score (nSPS) is 19.1. The van der Waals surface area contributed by atoms with Gasteiger partial charge in [-0.2, -0.15) is 0 Å². The Balaban J connectivity index is 1.31. The molecule has 0 saturated carbocycles. The topological polar surface area (TPSA) is 63.3 Å². The van der Waals surface area contributed by atoms with Crippen LogP contribution in [0.2, 0.25) is 0 Å². The van der Waals surface area contributed by atoms with Crippen molar-refractivity contribution in [1.82, 2.24) is 4.90 Å². The van der Waals surface area contributed by atoms with E-state index in [1.807, 2.05) is 42.5 Å². The number of hydrogen-bond acceptors (Lipinski definition) is 6. The molecule has 3 aromatic carbocycles. The van der Waals surface area contributed by atoms with Crippen molar-refractivity contribution in [2.75, 3.05) is 57.2 Å². The summed E-state index contributed by atoms with van der Waals surface area (Å²) in [6, 6.07) is 23.9. The summed E-state index contributed by atoms with van der Waals surface area (Å²) in [5.41, 5.74) is 3.17. The van der Waals surface area contributed by atoms with Gasteiger partial charge in [-0.05, 0) is 42.3 Å². The van der Waals surface area contributed by atoms with Crippen LogP contribution in [0.3, 0.4) is 0 Å². The van der Waals surface area contributed by atoms with Gasteiger partial charge in [-0.15, -0.1) is 0 Å². The number of anilines is 2. The average Bonchev–Trinajstić information content (AvgIpc) is 2.93. The minimum atomic E-state index is -0.175. The van der Waals surface area contributed by atoms with Gasteiger partial charge in [0.2, 0.25) is 5.91 Å². The molecule has 1 saturated heterocycles. The van der Waals surface area contributed by atoms with E-state index < -0.39 is 0 Å². The van der Waals surface area contributed by atoms with Crippen LogP contribution in [-0.4, -0.2) is 63.9 Å². The van der Waals surface area contributed by atoms with Gasteiger partial charge in [0.05, 0.1) is 26.2 Å². The summed E-state index contributed by atoms with van der Waals surface area (Å²) < 4.78 is 16.7. The largest absolute Gasteiger partial charge is 0.493 e. The second kappa shape index (κ2) is 10.9. The molecule has 36 heavy (non-hydrogen) atoms. The molecule has 2 aliphatic heterocycles. The van der Waals surface area contributed by atoms with Crippen LogP contribution in [0, 0.1) is 5.92 Å². The smallest absolute Gasteiger partial charge is 0.229 e. The molecule has 5 rings (SSSR count). The first-order valence-electron chi connectivity index (χ1n) is 12.4. The fraction of sp³-hybridized carbons (Fsp3) is 0.345. The molecule has 3 aromatic rings. The molecule has 0 radical (unpaired) electrons. The molecule has 1 fully saturated rings. The molecule has 7 heteroatoms. The number of rotatable bonds is 8. The van der Waals surface area contributed by atoms with Crippen LogP contribution in [0.5, 0.6) is 17.2 Å². The fourth-order valence-corrected chi connectivity index (χ4v) is 5.28. The highest BCUT2D eigenvalue weighted by molar-refractivity contribution is 5.94. The monoisotopic (exact) mass is 487 g/mol. The highest BCUT2D eigenvalue weighted by atomic mass is 16.5. The number of ether oxygens (including phenoxy) is 3. The number of hydrogen-bond donors (Lipinski definition) is 1. The van der Waals surface area contributed by atoms with Crippen LogP contribution < -0.4 is 24.4 Å². The third kappa shape index (κ3) is 5.11. The fourth-order valence-electron chi connectivity index (χ4n) is 5.28. The van der Waals surface area contributed by atoms with E-state index in [4.69, 9.17) is 14.2 Å². The molecule has 1 amide bonds. The Morgan fingerprint density at radius 2 is 1.72 bits per heavy atom. The van der Waals surface area contributed by atoms with Crippen LogP contribution in [0.1, 0.15) is 5.56 Å². The van der Waals surface area contributed by atoms with Crippen molar-refractivity contribution in [2.45, 2.75) is 12.5 Å². The lowest BCUT2D eigenvalue weighted by atomic mass is 9.83. The molecule has 0 unspecified atom stereocenters. The molecule has 0 bridgehead atoms. The summed E-state index contributed by atoms with van der Waals surface area (Å²) in [5.74, 6) is 1.96. The number of amides is 1. The summed E-state index contributed by atoms with van der Waals surface area (Å²) in [7, 11) is 3.20. The number of piperazine rings is 1. The van der Waals surface area contributed by atoms with E-state index in [0.717, 1.165) is 31.9 Å². The molecular formula is C29H33N3O4. The predicted molar refractivity (Wildman–Crippen MR) is 141 cm³/mol. The van der Waals surface area contributed by atoms with Crippen LogP contribution in [0.4, 0.5) is 11.4 Å². The molecule has 0 aromatic heterocycles. The number of benzene rings is 3. The number of methoxy groups -OCH3 is 2. The van der Waals surface area contributed by atoms with Gasteiger partial charge in [0.25, 0.3) is 0 Å². The molecule has 2 heterocycles. The molecule has 188 valence electrons. The van der Waals surface area contributed by atoms with E-state index >= 15 is 0 Å². The first kappa shape index (κ1) is 24.0. The van der Waals surface area contributed by atoms with Gasteiger partial charge in [0.15, 0.2) is 11.5 Å². The van der Waals surface area contributed by atoms with Crippen LogP contribution in [-0.2, 0) is 11.2 Å². The minimum absolute atomic E-state index is 0.0223. The summed E-state index contributed by atoms with van der Waals surface area (Å²) in [4.78, 5) is 18.5. The van der Waals surface area contributed by atoms with Gasteiger partial charge in [-0.25, -0.2) is 0 Å². The van der Waals surface area contributed by atoms with Gasteiger partial charge in [0, 0.05) is 43.6 Å². The lowest BCUT2D eigenvalue weighted by Gasteiger charge is -2.49. The summed E-state index contributed by atoms with van der Waals surface area (Å²) >= 11 is 0. The third-order valence-corrected chi connectivity index (χ3v) is 7.12. The number of nitrogens with zero attached hydrogens (tertiary/aromatic N) is 2. The van der Waals surface area contributed by atoms with Crippen molar-refractivity contribution in [3.05, 3.63) is 78.4 Å². The Hall–Kier alpha value is -3.71. The van der Waals surface area contributed by atoms with Gasteiger partial charge < -0.3 is 24.4 Å². The van der Waals surface area contributed by atoms with E-state index in [9.17, 15) is 4.79 Å². The van der Waals surface area contributed by atoms with Gasteiger partial charge >= 0.3 is 0 Å². The first-order valence-corrected chi connectivity index (χ1v) is 12.4. The van der Waals surface area contributed by atoms with Crippen molar-refractivity contribution in [2.24, 2.45) is 5.92 Å². The van der Waals surface area contributed by atoms with E-state index in [1.54, 1.807) is 20.3 Å². The van der Waals surface area contributed by atoms with Crippen molar-refractivity contribution < 1.29 is 19.0 Å². The molecule has 2 atom stereocenters. The van der Waals surface area contributed by atoms with Crippen LogP contribution in [0.25, 0.3) is 0 Å². The Bertz CT molecular complexity index is 1190. The van der Waals surface area contributed by atoms with Gasteiger partial charge in [-0.1, -0.05) is 36.4 Å². The zero-order chi connectivity index (χ0) is 24.9. The maximum absolute atomic E-state index is 13.6. The molecule has 7 nitrogen and oxygen atoms in total. The molecule has 0 aliphatic carbocycles. The maximum Gasteiger partial charge on any atom is 0.229 e. The second-order valence-electron chi connectivity index (χ2n) is 9.22. The molecule has 0 spiro atoms.